The van der Waals surface area contributed by atoms with Crippen LogP contribution < -0.4 is 9.64 Å². The molecule has 7 heteroatoms. The monoisotopic (exact) mass is 394 g/mol. The molecule has 1 aliphatic heterocycles. The Morgan fingerprint density at radius 3 is 2.71 bits per heavy atom. The van der Waals surface area contributed by atoms with E-state index in [4.69, 9.17) is 4.74 Å². The van der Waals surface area contributed by atoms with Crippen LogP contribution in [-0.4, -0.2) is 54.1 Å². The molecular weight excluding hydrogens is 372 g/mol. The van der Waals surface area contributed by atoms with Gasteiger partial charge in [0.2, 0.25) is 5.91 Å². The van der Waals surface area contributed by atoms with E-state index in [0.717, 1.165) is 40.8 Å². The molecule has 1 aliphatic rings. The maximum absolute atomic E-state index is 12.7. The third-order valence-electron chi connectivity index (χ3n) is 4.85. The van der Waals surface area contributed by atoms with E-state index in [9.17, 15) is 4.79 Å². The molecular formula is C21H22N4O2S. The van der Waals surface area contributed by atoms with Gasteiger partial charge in [-0.05, 0) is 24.3 Å². The van der Waals surface area contributed by atoms with E-state index >= 15 is 0 Å². The summed E-state index contributed by atoms with van der Waals surface area (Å²) in [6.45, 7) is 3.00. The van der Waals surface area contributed by atoms with Crippen molar-refractivity contribution in [1.29, 1.82) is 0 Å². The Hall–Kier alpha value is -2.93. The van der Waals surface area contributed by atoms with Crippen LogP contribution in [0.15, 0.2) is 54.2 Å². The number of amides is 1. The van der Waals surface area contributed by atoms with Crippen LogP contribution >= 0.6 is 11.3 Å². The van der Waals surface area contributed by atoms with Gasteiger partial charge in [-0.2, -0.15) is 0 Å². The molecule has 0 aliphatic carbocycles. The summed E-state index contributed by atoms with van der Waals surface area (Å²) in [6.07, 6.45) is 3.87. The summed E-state index contributed by atoms with van der Waals surface area (Å²) in [6, 6.07) is 11.9. The van der Waals surface area contributed by atoms with Crippen molar-refractivity contribution >= 4 is 22.9 Å². The Kier molecular flexibility index (Phi) is 5.53. The summed E-state index contributed by atoms with van der Waals surface area (Å²) in [5.74, 6) is 0.996. The van der Waals surface area contributed by atoms with Crippen LogP contribution in [0.25, 0.3) is 10.6 Å². The summed E-state index contributed by atoms with van der Waals surface area (Å²) in [5.41, 5.74) is 2.88. The Morgan fingerprint density at radius 1 is 1.14 bits per heavy atom. The molecule has 0 bridgehead atoms. The molecule has 4 rings (SSSR count). The highest BCUT2D eigenvalue weighted by molar-refractivity contribution is 7.13. The van der Waals surface area contributed by atoms with E-state index in [1.807, 2.05) is 40.6 Å². The Balaban J connectivity index is 1.35. The average molecular weight is 395 g/mol. The first-order valence-electron chi connectivity index (χ1n) is 9.25. The number of carbonyl (C=O) groups is 1. The van der Waals surface area contributed by atoms with Gasteiger partial charge in [-0.25, -0.2) is 4.98 Å². The molecule has 0 atom stereocenters. The second-order valence-corrected chi connectivity index (χ2v) is 7.46. The number of aromatic nitrogens is 2. The number of methoxy groups -OCH3 is 1. The van der Waals surface area contributed by atoms with Crippen molar-refractivity contribution in [3.8, 4) is 16.3 Å². The second kappa shape index (κ2) is 8.39. The van der Waals surface area contributed by atoms with Crippen molar-refractivity contribution in [1.82, 2.24) is 14.9 Å². The maximum Gasteiger partial charge on any atom is 0.228 e. The van der Waals surface area contributed by atoms with Gasteiger partial charge in [0.1, 0.15) is 10.8 Å². The lowest BCUT2D eigenvalue weighted by Gasteiger charge is -2.36. The van der Waals surface area contributed by atoms with E-state index in [-0.39, 0.29) is 5.91 Å². The Labute approximate surface area is 168 Å². The van der Waals surface area contributed by atoms with Gasteiger partial charge in [0.15, 0.2) is 0 Å². The molecule has 144 valence electrons. The Morgan fingerprint density at radius 2 is 1.96 bits per heavy atom. The lowest BCUT2D eigenvalue weighted by molar-refractivity contribution is -0.130. The zero-order valence-electron chi connectivity index (χ0n) is 15.7. The van der Waals surface area contributed by atoms with Crippen LogP contribution in [0.4, 0.5) is 5.69 Å². The van der Waals surface area contributed by atoms with Crippen LogP contribution in [0.2, 0.25) is 0 Å². The quantitative estimate of drug-likeness (QED) is 0.666. The first-order chi connectivity index (χ1) is 13.7. The fourth-order valence-corrected chi connectivity index (χ4v) is 4.18. The fraction of sp³-hybridized carbons (Fsp3) is 0.286. The van der Waals surface area contributed by atoms with Gasteiger partial charge < -0.3 is 14.5 Å². The lowest BCUT2D eigenvalue weighted by atomic mass is 10.2. The molecule has 0 N–H and O–H groups in total. The maximum atomic E-state index is 12.7. The molecule has 0 unspecified atom stereocenters. The Bertz CT molecular complexity index is 936. The van der Waals surface area contributed by atoms with Gasteiger partial charge in [0.25, 0.3) is 0 Å². The minimum absolute atomic E-state index is 0.128. The van der Waals surface area contributed by atoms with Gasteiger partial charge >= 0.3 is 0 Å². The minimum atomic E-state index is 0.128. The van der Waals surface area contributed by atoms with E-state index < -0.39 is 0 Å². The largest absolute Gasteiger partial charge is 0.495 e. The molecule has 6 nitrogen and oxygen atoms in total. The SMILES string of the molecule is COc1ccccc1N1CCN(C(=O)Cc2csc(-c3cccnc3)n2)CC1. The topological polar surface area (TPSA) is 58.6 Å². The minimum Gasteiger partial charge on any atom is -0.495 e. The molecule has 0 saturated carbocycles. The van der Waals surface area contributed by atoms with Crippen molar-refractivity contribution in [2.45, 2.75) is 6.42 Å². The van der Waals surface area contributed by atoms with Gasteiger partial charge in [-0.3, -0.25) is 9.78 Å². The van der Waals surface area contributed by atoms with Crippen molar-refractivity contribution in [2.75, 3.05) is 38.2 Å². The molecule has 1 aromatic carbocycles. The van der Waals surface area contributed by atoms with Crippen molar-refractivity contribution in [3.05, 3.63) is 59.9 Å². The molecule has 1 saturated heterocycles. The molecule has 3 aromatic rings. The fourth-order valence-electron chi connectivity index (χ4n) is 3.36. The van der Waals surface area contributed by atoms with Crippen molar-refractivity contribution in [2.24, 2.45) is 0 Å². The number of anilines is 1. The smallest absolute Gasteiger partial charge is 0.228 e. The zero-order valence-corrected chi connectivity index (χ0v) is 16.6. The van der Waals surface area contributed by atoms with Gasteiger partial charge in [-0.15, -0.1) is 11.3 Å². The van der Waals surface area contributed by atoms with E-state index in [1.54, 1.807) is 30.8 Å². The zero-order chi connectivity index (χ0) is 19.3. The molecule has 28 heavy (non-hydrogen) atoms. The van der Waals surface area contributed by atoms with Gasteiger partial charge in [0.05, 0.1) is 24.9 Å². The number of piperazine rings is 1. The van der Waals surface area contributed by atoms with Crippen molar-refractivity contribution in [3.63, 3.8) is 0 Å². The van der Waals surface area contributed by atoms with E-state index in [2.05, 4.69) is 20.9 Å². The molecule has 0 radical (unpaired) electrons. The van der Waals surface area contributed by atoms with Crippen molar-refractivity contribution < 1.29 is 9.53 Å². The highest BCUT2D eigenvalue weighted by Crippen LogP contribution is 2.28. The number of hydrogen-bond acceptors (Lipinski definition) is 6. The highest BCUT2D eigenvalue weighted by Gasteiger charge is 2.23. The predicted octanol–water partition coefficient (Wildman–Crippen LogP) is 3.11. The number of nitrogens with zero attached hydrogens (tertiary/aromatic N) is 4. The lowest BCUT2D eigenvalue weighted by Crippen LogP contribution is -2.49. The number of carbonyl (C=O) groups excluding carboxylic acids is 1. The second-order valence-electron chi connectivity index (χ2n) is 6.60. The summed E-state index contributed by atoms with van der Waals surface area (Å²) < 4.78 is 5.46. The van der Waals surface area contributed by atoms with Gasteiger partial charge in [0, 0.05) is 49.5 Å². The molecule has 1 fully saturated rings. The number of ether oxygens (including phenoxy) is 1. The number of hydrogen-bond donors (Lipinski definition) is 0. The molecule has 3 heterocycles. The highest BCUT2D eigenvalue weighted by atomic mass is 32.1. The number of thiazole rings is 1. The van der Waals surface area contributed by atoms with Crippen LogP contribution in [0.3, 0.4) is 0 Å². The summed E-state index contributed by atoms with van der Waals surface area (Å²) in [4.78, 5) is 25.6. The summed E-state index contributed by atoms with van der Waals surface area (Å²) >= 11 is 1.55. The number of para-hydroxylation sites is 2. The van der Waals surface area contributed by atoms with Crippen LogP contribution in [0.5, 0.6) is 5.75 Å². The van der Waals surface area contributed by atoms with E-state index in [1.165, 1.54) is 0 Å². The third kappa shape index (κ3) is 3.99. The normalized spacial score (nSPS) is 14.2. The average Bonchev–Trinajstić information content (AvgIpc) is 3.23. The molecule has 2 aromatic heterocycles. The van der Waals surface area contributed by atoms with Crippen LogP contribution in [0.1, 0.15) is 5.69 Å². The van der Waals surface area contributed by atoms with Crippen LogP contribution in [-0.2, 0) is 11.2 Å². The first kappa shape index (κ1) is 18.4. The molecule has 0 spiro atoms. The van der Waals surface area contributed by atoms with Gasteiger partial charge in [-0.1, -0.05) is 12.1 Å². The molecule has 1 amide bonds. The standard InChI is InChI=1S/C21H22N4O2S/c1-27-19-7-3-2-6-18(19)24-9-11-25(12-10-24)20(26)13-17-15-28-21(23-17)16-5-4-8-22-14-16/h2-8,14-15H,9-13H2,1H3. The van der Waals surface area contributed by atoms with E-state index in [0.29, 0.717) is 19.5 Å². The first-order valence-corrected chi connectivity index (χ1v) is 10.1. The predicted molar refractivity (Wildman–Crippen MR) is 111 cm³/mol. The number of benzene rings is 1. The third-order valence-corrected chi connectivity index (χ3v) is 5.79. The number of pyridine rings is 1. The summed E-state index contributed by atoms with van der Waals surface area (Å²) in [7, 11) is 1.69. The number of rotatable bonds is 5. The van der Waals surface area contributed by atoms with Crippen LogP contribution in [0, 0.1) is 0 Å². The summed E-state index contributed by atoms with van der Waals surface area (Å²) in [5, 5.41) is 2.86.